The van der Waals surface area contributed by atoms with Gasteiger partial charge in [-0.25, -0.2) is 0 Å². The van der Waals surface area contributed by atoms with Crippen molar-refractivity contribution in [1.82, 2.24) is 0 Å². The highest BCUT2D eigenvalue weighted by molar-refractivity contribution is 5.58. The zero-order valence-corrected chi connectivity index (χ0v) is 12.4. The second-order valence-corrected chi connectivity index (χ2v) is 5.05. The van der Waals surface area contributed by atoms with Crippen LogP contribution in [0.25, 0.3) is 6.08 Å². The Morgan fingerprint density at radius 2 is 2.16 bits per heavy atom. The molecule has 1 atom stereocenters. The number of benzene rings is 1. The van der Waals surface area contributed by atoms with Crippen LogP contribution in [0.1, 0.15) is 44.2 Å². The molecule has 19 heavy (non-hydrogen) atoms. The molecule has 0 amide bonds. The first kappa shape index (κ1) is 15.8. The predicted molar refractivity (Wildman–Crippen MR) is 81.5 cm³/mol. The number of aliphatic hydroxyl groups is 1. The minimum absolute atomic E-state index is 0.288. The van der Waals surface area contributed by atoms with Crippen molar-refractivity contribution in [2.75, 3.05) is 13.7 Å². The third kappa shape index (κ3) is 5.48. The quantitative estimate of drug-likeness (QED) is 0.716. The number of ether oxygens (including phenoxy) is 1. The molecule has 0 radical (unpaired) electrons. The smallest absolute Gasteiger partial charge is 0.126 e. The van der Waals surface area contributed by atoms with Crippen molar-refractivity contribution in [1.29, 1.82) is 0 Å². The number of aryl methyl sites for hydroxylation is 1. The molecule has 1 rings (SSSR count). The van der Waals surface area contributed by atoms with Gasteiger partial charge in [-0.3, -0.25) is 0 Å². The van der Waals surface area contributed by atoms with Gasteiger partial charge in [-0.1, -0.05) is 32.1 Å². The van der Waals surface area contributed by atoms with Gasteiger partial charge < -0.3 is 9.84 Å². The summed E-state index contributed by atoms with van der Waals surface area (Å²) in [5, 5.41) is 8.96. The van der Waals surface area contributed by atoms with E-state index in [9.17, 15) is 0 Å². The fraction of sp³-hybridized carbons (Fsp3) is 0.529. The summed E-state index contributed by atoms with van der Waals surface area (Å²) in [6, 6.07) is 6.33. The van der Waals surface area contributed by atoms with Gasteiger partial charge >= 0.3 is 0 Å². The Morgan fingerprint density at radius 1 is 1.37 bits per heavy atom. The maximum atomic E-state index is 8.96. The minimum Gasteiger partial charge on any atom is -0.496 e. The number of hydrogen-bond acceptors (Lipinski definition) is 2. The number of methoxy groups -OCH3 is 1. The number of rotatable bonds is 8. The van der Waals surface area contributed by atoms with Gasteiger partial charge in [0.05, 0.1) is 7.11 Å². The van der Waals surface area contributed by atoms with E-state index in [2.05, 4.69) is 38.1 Å². The van der Waals surface area contributed by atoms with Crippen LogP contribution in [-0.4, -0.2) is 18.8 Å². The molecule has 0 bridgehead atoms. The van der Waals surface area contributed by atoms with Gasteiger partial charge in [-0.15, -0.1) is 0 Å². The summed E-state index contributed by atoms with van der Waals surface area (Å²) < 4.78 is 5.37. The highest BCUT2D eigenvalue weighted by atomic mass is 16.5. The average Bonchev–Trinajstić information content (AvgIpc) is 2.46. The number of unbranched alkanes of at least 4 members (excludes halogenated alkanes) is 1. The minimum atomic E-state index is 0.288. The van der Waals surface area contributed by atoms with Gasteiger partial charge in [-0.05, 0) is 49.3 Å². The average molecular weight is 262 g/mol. The van der Waals surface area contributed by atoms with Gasteiger partial charge in [0, 0.05) is 12.2 Å². The number of hydrogen-bond donors (Lipinski definition) is 1. The highest BCUT2D eigenvalue weighted by Gasteiger charge is 2.01. The topological polar surface area (TPSA) is 29.5 Å². The standard InChI is InChI=1S/C17H26O2/c1-4-15-10-11-17(19-3)16(12-15)9-7-5-6-8-14(2)13-18/h7,9-12,14,18H,4-6,8,13H2,1-3H3/b9-7+/t14-/m1/s1. The van der Waals surface area contributed by atoms with Crippen LogP contribution < -0.4 is 4.74 Å². The molecule has 2 nitrogen and oxygen atoms in total. The maximum Gasteiger partial charge on any atom is 0.126 e. The van der Waals surface area contributed by atoms with E-state index in [0.29, 0.717) is 5.92 Å². The lowest BCUT2D eigenvalue weighted by Gasteiger charge is -2.07. The lowest BCUT2D eigenvalue weighted by Crippen LogP contribution is -1.99. The third-order valence-electron chi connectivity index (χ3n) is 3.38. The lowest BCUT2D eigenvalue weighted by molar-refractivity contribution is 0.228. The van der Waals surface area contributed by atoms with Crippen molar-refractivity contribution in [2.45, 2.75) is 39.5 Å². The van der Waals surface area contributed by atoms with E-state index in [1.54, 1.807) is 7.11 Å². The first-order valence-electron chi connectivity index (χ1n) is 7.15. The summed E-state index contributed by atoms with van der Waals surface area (Å²) >= 11 is 0. The molecular formula is C17H26O2. The molecule has 0 saturated heterocycles. The van der Waals surface area contributed by atoms with Crippen LogP contribution in [0.5, 0.6) is 5.75 Å². The molecule has 0 aliphatic heterocycles. The van der Waals surface area contributed by atoms with Gasteiger partial charge in [0.1, 0.15) is 5.75 Å². The molecule has 0 unspecified atom stereocenters. The molecule has 106 valence electrons. The van der Waals surface area contributed by atoms with E-state index in [-0.39, 0.29) is 6.61 Å². The summed E-state index contributed by atoms with van der Waals surface area (Å²) in [4.78, 5) is 0. The molecule has 0 heterocycles. The van der Waals surface area contributed by atoms with Gasteiger partial charge in [-0.2, -0.15) is 0 Å². The van der Waals surface area contributed by atoms with E-state index < -0.39 is 0 Å². The van der Waals surface area contributed by atoms with Crippen LogP contribution in [0.2, 0.25) is 0 Å². The fourth-order valence-electron chi connectivity index (χ4n) is 2.02. The predicted octanol–water partition coefficient (Wildman–Crippen LogP) is 4.07. The Morgan fingerprint density at radius 3 is 2.79 bits per heavy atom. The molecule has 1 aromatic rings. The van der Waals surface area contributed by atoms with Crippen LogP contribution in [0.4, 0.5) is 0 Å². The Hall–Kier alpha value is -1.28. The Bertz CT molecular complexity index is 396. The van der Waals surface area contributed by atoms with Gasteiger partial charge in [0.25, 0.3) is 0 Å². The molecule has 2 heteroatoms. The SMILES string of the molecule is CCc1ccc(OC)c(/C=C/CCC[C@@H](C)CO)c1. The van der Waals surface area contributed by atoms with Gasteiger partial charge in [0.2, 0.25) is 0 Å². The van der Waals surface area contributed by atoms with E-state index in [0.717, 1.165) is 37.0 Å². The summed E-state index contributed by atoms with van der Waals surface area (Å²) in [6.07, 6.45) is 8.62. The lowest BCUT2D eigenvalue weighted by atomic mass is 10.0. The zero-order valence-electron chi connectivity index (χ0n) is 12.4. The molecular weight excluding hydrogens is 236 g/mol. The van der Waals surface area contributed by atoms with E-state index >= 15 is 0 Å². The first-order chi connectivity index (χ1) is 9.21. The molecule has 0 spiro atoms. The fourth-order valence-corrected chi connectivity index (χ4v) is 2.02. The maximum absolute atomic E-state index is 8.96. The van der Waals surface area contributed by atoms with Crippen molar-refractivity contribution >= 4 is 6.08 Å². The van der Waals surface area contributed by atoms with E-state index in [1.165, 1.54) is 5.56 Å². The monoisotopic (exact) mass is 262 g/mol. The molecule has 0 aliphatic rings. The normalized spacial score (nSPS) is 12.8. The molecule has 0 fully saturated rings. The summed E-state index contributed by atoms with van der Waals surface area (Å²) in [7, 11) is 1.71. The Labute approximate surface area is 117 Å². The molecule has 0 saturated carbocycles. The van der Waals surface area contributed by atoms with E-state index in [4.69, 9.17) is 9.84 Å². The van der Waals surface area contributed by atoms with Crippen LogP contribution in [-0.2, 0) is 6.42 Å². The first-order valence-corrected chi connectivity index (χ1v) is 7.15. The van der Waals surface area contributed by atoms with Crippen molar-refractivity contribution in [3.63, 3.8) is 0 Å². The second-order valence-electron chi connectivity index (χ2n) is 5.05. The molecule has 1 N–H and O–H groups in total. The van der Waals surface area contributed by atoms with Crippen LogP contribution in [0.3, 0.4) is 0 Å². The van der Waals surface area contributed by atoms with Crippen molar-refractivity contribution in [3.05, 3.63) is 35.4 Å². The molecule has 1 aromatic carbocycles. The van der Waals surface area contributed by atoms with Crippen LogP contribution >= 0.6 is 0 Å². The summed E-state index contributed by atoms with van der Waals surface area (Å²) in [5.41, 5.74) is 2.48. The van der Waals surface area contributed by atoms with E-state index in [1.807, 2.05) is 6.07 Å². The number of aliphatic hydroxyl groups excluding tert-OH is 1. The Kier molecular flexibility index (Phi) is 7.27. The Balaban J connectivity index is 2.55. The largest absolute Gasteiger partial charge is 0.496 e. The molecule has 0 aliphatic carbocycles. The van der Waals surface area contributed by atoms with Crippen molar-refractivity contribution < 1.29 is 9.84 Å². The molecule has 0 aromatic heterocycles. The van der Waals surface area contributed by atoms with Crippen LogP contribution in [0, 0.1) is 5.92 Å². The van der Waals surface area contributed by atoms with Crippen molar-refractivity contribution in [3.8, 4) is 5.75 Å². The third-order valence-corrected chi connectivity index (χ3v) is 3.38. The van der Waals surface area contributed by atoms with Crippen LogP contribution in [0.15, 0.2) is 24.3 Å². The van der Waals surface area contributed by atoms with Crippen molar-refractivity contribution in [2.24, 2.45) is 5.92 Å². The highest BCUT2D eigenvalue weighted by Crippen LogP contribution is 2.22. The summed E-state index contributed by atoms with van der Waals surface area (Å²) in [6.45, 7) is 4.53. The number of allylic oxidation sites excluding steroid dienone is 1. The summed E-state index contributed by atoms with van der Waals surface area (Å²) in [5.74, 6) is 1.34. The van der Waals surface area contributed by atoms with Gasteiger partial charge in [0.15, 0.2) is 0 Å². The second kappa shape index (κ2) is 8.76. The zero-order chi connectivity index (χ0) is 14.1.